The molecular formula is C16H21Cl2IN4O. The van der Waals surface area contributed by atoms with Gasteiger partial charge in [0.15, 0.2) is 5.96 Å². The molecule has 0 atom stereocenters. The first kappa shape index (κ1) is 21.1. The van der Waals surface area contributed by atoms with Gasteiger partial charge in [-0.1, -0.05) is 35.4 Å². The van der Waals surface area contributed by atoms with Crippen LogP contribution in [-0.2, 0) is 0 Å². The first-order chi connectivity index (χ1) is 11.1. The lowest BCUT2D eigenvalue weighted by Gasteiger charge is -2.17. The molecule has 24 heavy (non-hydrogen) atoms. The second kappa shape index (κ2) is 10.8. The third kappa shape index (κ3) is 6.49. The molecule has 0 saturated carbocycles. The van der Waals surface area contributed by atoms with E-state index in [-0.39, 0.29) is 29.9 Å². The Morgan fingerprint density at radius 2 is 1.83 bits per heavy atom. The molecule has 0 saturated heterocycles. The number of hydrogen-bond acceptors (Lipinski definition) is 2. The van der Waals surface area contributed by atoms with Crippen LogP contribution >= 0.6 is 47.2 Å². The standard InChI is InChI=1S/C16H20Cl2N4O.HI/c1-19-16(22-12-4-2-3-5-12)21-9-8-20-15(23)11-6-7-13(17)14(18)10-11;/h2-3,6-7,10,12H,4-5,8-9H2,1H3,(H,20,23)(H2,19,21,22);1H. The van der Waals surface area contributed by atoms with Crippen LogP contribution in [0.15, 0.2) is 35.3 Å². The van der Waals surface area contributed by atoms with Gasteiger partial charge in [-0.15, -0.1) is 24.0 Å². The number of guanidine groups is 1. The number of carbonyl (C=O) groups is 1. The Hall–Kier alpha value is -0.990. The highest BCUT2D eigenvalue weighted by molar-refractivity contribution is 14.0. The zero-order valence-corrected chi connectivity index (χ0v) is 17.2. The van der Waals surface area contributed by atoms with Crippen LogP contribution in [0.3, 0.4) is 0 Å². The monoisotopic (exact) mass is 482 g/mol. The summed E-state index contributed by atoms with van der Waals surface area (Å²) >= 11 is 11.7. The number of hydrogen-bond donors (Lipinski definition) is 3. The Bertz CT molecular complexity index is 614. The molecule has 2 rings (SSSR count). The number of amides is 1. The lowest BCUT2D eigenvalue weighted by Crippen LogP contribution is -2.45. The lowest BCUT2D eigenvalue weighted by molar-refractivity contribution is 0.0954. The number of rotatable bonds is 5. The van der Waals surface area contributed by atoms with Gasteiger partial charge in [0, 0.05) is 31.7 Å². The molecule has 1 amide bonds. The van der Waals surface area contributed by atoms with Crippen molar-refractivity contribution in [3.8, 4) is 0 Å². The second-order valence-electron chi connectivity index (χ2n) is 5.17. The zero-order valence-electron chi connectivity index (χ0n) is 13.3. The minimum atomic E-state index is -0.187. The number of benzene rings is 1. The van der Waals surface area contributed by atoms with Gasteiger partial charge < -0.3 is 16.0 Å². The van der Waals surface area contributed by atoms with Crippen molar-refractivity contribution in [1.82, 2.24) is 16.0 Å². The van der Waals surface area contributed by atoms with Crippen LogP contribution in [0.5, 0.6) is 0 Å². The predicted molar refractivity (Wildman–Crippen MR) is 111 cm³/mol. The van der Waals surface area contributed by atoms with E-state index in [2.05, 4.69) is 33.1 Å². The van der Waals surface area contributed by atoms with Gasteiger partial charge in [0.25, 0.3) is 5.91 Å². The summed E-state index contributed by atoms with van der Waals surface area (Å²) in [7, 11) is 1.73. The highest BCUT2D eigenvalue weighted by Crippen LogP contribution is 2.22. The van der Waals surface area contributed by atoms with Crippen LogP contribution in [-0.4, -0.2) is 38.0 Å². The van der Waals surface area contributed by atoms with E-state index in [1.165, 1.54) is 0 Å². The molecular weight excluding hydrogens is 462 g/mol. The van der Waals surface area contributed by atoms with Crippen LogP contribution in [0.1, 0.15) is 23.2 Å². The Balaban J connectivity index is 0.00000288. The molecule has 0 aliphatic heterocycles. The molecule has 1 aliphatic carbocycles. The molecule has 0 heterocycles. The molecule has 8 heteroatoms. The largest absolute Gasteiger partial charge is 0.355 e. The van der Waals surface area contributed by atoms with E-state index in [1.54, 1.807) is 25.2 Å². The van der Waals surface area contributed by atoms with Crippen molar-refractivity contribution in [3.63, 3.8) is 0 Å². The number of nitrogens with zero attached hydrogens (tertiary/aromatic N) is 1. The van der Waals surface area contributed by atoms with Crippen molar-refractivity contribution < 1.29 is 4.79 Å². The van der Waals surface area contributed by atoms with E-state index in [1.807, 2.05) is 0 Å². The van der Waals surface area contributed by atoms with E-state index in [0.717, 1.165) is 18.8 Å². The first-order valence-corrected chi connectivity index (χ1v) is 8.21. The number of carbonyl (C=O) groups excluding carboxylic acids is 1. The fraction of sp³-hybridized carbons (Fsp3) is 0.375. The van der Waals surface area contributed by atoms with Gasteiger partial charge in [0.05, 0.1) is 10.0 Å². The van der Waals surface area contributed by atoms with Crippen molar-refractivity contribution >= 4 is 59.0 Å². The summed E-state index contributed by atoms with van der Waals surface area (Å²) in [4.78, 5) is 16.2. The molecule has 132 valence electrons. The highest BCUT2D eigenvalue weighted by atomic mass is 127. The number of aliphatic imine (C=N–C) groups is 1. The average Bonchev–Trinajstić information content (AvgIpc) is 3.05. The maximum absolute atomic E-state index is 12.0. The average molecular weight is 483 g/mol. The van der Waals surface area contributed by atoms with E-state index < -0.39 is 0 Å². The van der Waals surface area contributed by atoms with E-state index in [9.17, 15) is 4.79 Å². The molecule has 1 aliphatic rings. The summed E-state index contributed by atoms with van der Waals surface area (Å²) in [6.45, 7) is 1.05. The third-order valence-electron chi connectivity index (χ3n) is 3.46. The topological polar surface area (TPSA) is 65.5 Å². The van der Waals surface area contributed by atoms with Gasteiger partial charge in [0.1, 0.15) is 0 Å². The summed E-state index contributed by atoms with van der Waals surface area (Å²) in [5, 5.41) is 10.1. The van der Waals surface area contributed by atoms with Gasteiger partial charge in [-0.2, -0.15) is 0 Å². The van der Waals surface area contributed by atoms with Gasteiger partial charge in [0.2, 0.25) is 0 Å². The van der Waals surface area contributed by atoms with Gasteiger partial charge in [-0.05, 0) is 31.0 Å². The molecule has 0 aromatic heterocycles. The van der Waals surface area contributed by atoms with Crippen LogP contribution in [0, 0.1) is 0 Å². The Kier molecular flexibility index (Phi) is 9.46. The molecule has 0 fully saturated rings. The first-order valence-electron chi connectivity index (χ1n) is 7.45. The maximum Gasteiger partial charge on any atom is 0.251 e. The fourth-order valence-corrected chi connectivity index (χ4v) is 2.52. The lowest BCUT2D eigenvalue weighted by atomic mass is 10.2. The number of halogens is 3. The number of nitrogens with one attached hydrogen (secondary N) is 3. The third-order valence-corrected chi connectivity index (χ3v) is 4.20. The fourth-order valence-electron chi connectivity index (χ4n) is 2.22. The molecule has 0 radical (unpaired) electrons. The summed E-state index contributed by atoms with van der Waals surface area (Å²) in [6.07, 6.45) is 6.33. The molecule has 0 spiro atoms. The minimum Gasteiger partial charge on any atom is -0.355 e. The summed E-state index contributed by atoms with van der Waals surface area (Å²) < 4.78 is 0. The van der Waals surface area contributed by atoms with Crippen molar-refractivity contribution in [2.75, 3.05) is 20.1 Å². The van der Waals surface area contributed by atoms with Crippen LogP contribution in [0.25, 0.3) is 0 Å². The van der Waals surface area contributed by atoms with E-state index >= 15 is 0 Å². The van der Waals surface area contributed by atoms with Gasteiger partial charge in [-0.3, -0.25) is 9.79 Å². The van der Waals surface area contributed by atoms with Gasteiger partial charge >= 0.3 is 0 Å². The van der Waals surface area contributed by atoms with Crippen molar-refractivity contribution in [2.24, 2.45) is 4.99 Å². The normalized spacial score (nSPS) is 14.2. The molecule has 0 bridgehead atoms. The summed E-state index contributed by atoms with van der Waals surface area (Å²) in [6, 6.07) is 5.20. The molecule has 5 nitrogen and oxygen atoms in total. The Morgan fingerprint density at radius 1 is 1.17 bits per heavy atom. The zero-order chi connectivity index (χ0) is 16.7. The second-order valence-corrected chi connectivity index (χ2v) is 5.98. The summed E-state index contributed by atoms with van der Waals surface area (Å²) in [5.74, 6) is 0.552. The van der Waals surface area contributed by atoms with Gasteiger partial charge in [-0.25, -0.2) is 0 Å². The smallest absolute Gasteiger partial charge is 0.251 e. The minimum absolute atomic E-state index is 0. The quantitative estimate of drug-likeness (QED) is 0.198. The Morgan fingerprint density at radius 3 is 2.46 bits per heavy atom. The maximum atomic E-state index is 12.0. The van der Waals surface area contributed by atoms with Crippen LogP contribution in [0.2, 0.25) is 10.0 Å². The Labute approximate surface area is 169 Å². The predicted octanol–water partition coefficient (Wildman–Crippen LogP) is 3.22. The SMILES string of the molecule is CN=C(NCCNC(=O)c1ccc(Cl)c(Cl)c1)NC1CC=CC1.I. The van der Waals surface area contributed by atoms with Crippen molar-refractivity contribution in [2.45, 2.75) is 18.9 Å². The van der Waals surface area contributed by atoms with Crippen molar-refractivity contribution in [1.29, 1.82) is 0 Å². The molecule has 3 N–H and O–H groups in total. The van der Waals surface area contributed by atoms with Crippen LogP contribution in [0.4, 0.5) is 0 Å². The summed E-state index contributed by atoms with van der Waals surface area (Å²) in [5.41, 5.74) is 0.485. The van der Waals surface area contributed by atoms with E-state index in [4.69, 9.17) is 23.2 Å². The highest BCUT2D eigenvalue weighted by Gasteiger charge is 2.11. The van der Waals surface area contributed by atoms with E-state index in [0.29, 0.717) is 34.7 Å². The molecule has 1 aromatic carbocycles. The van der Waals surface area contributed by atoms with Crippen LogP contribution < -0.4 is 16.0 Å². The molecule has 0 unspecified atom stereocenters. The van der Waals surface area contributed by atoms with Crippen molar-refractivity contribution in [3.05, 3.63) is 46.0 Å². The molecule has 1 aromatic rings.